The summed E-state index contributed by atoms with van der Waals surface area (Å²) < 4.78 is 0. The molecule has 0 bridgehead atoms. The number of likely N-dealkylation sites (tertiary alicyclic amines) is 1. The topological polar surface area (TPSA) is 3.24 Å². The van der Waals surface area contributed by atoms with Gasteiger partial charge in [-0.3, -0.25) is 0 Å². The van der Waals surface area contributed by atoms with Crippen LogP contribution in [0.1, 0.15) is 46.0 Å². The standard InChI is InChI=1S/C11H23N/c1-10(2)9-11-7-5-4-6-8-12(11)3/h10-11H,4-9H2,1-3H3. The molecule has 72 valence electrons. The van der Waals surface area contributed by atoms with E-state index in [0.29, 0.717) is 0 Å². The van der Waals surface area contributed by atoms with Gasteiger partial charge in [-0.15, -0.1) is 0 Å². The monoisotopic (exact) mass is 169 g/mol. The SMILES string of the molecule is CC(C)CC1CCCCCN1C. The molecule has 1 heterocycles. The third-order valence-electron chi connectivity index (χ3n) is 2.91. The minimum absolute atomic E-state index is 0.857. The highest BCUT2D eigenvalue weighted by molar-refractivity contribution is 4.73. The van der Waals surface area contributed by atoms with Crippen LogP contribution >= 0.6 is 0 Å². The molecule has 1 aliphatic heterocycles. The van der Waals surface area contributed by atoms with E-state index < -0.39 is 0 Å². The van der Waals surface area contributed by atoms with E-state index in [2.05, 4.69) is 25.8 Å². The predicted molar refractivity (Wildman–Crippen MR) is 54.3 cm³/mol. The van der Waals surface area contributed by atoms with Crippen LogP contribution in [-0.2, 0) is 0 Å². The van der Waals surface area contributed by atoms with Crippen molar-refractivity contribution in [1.29, 1.82) is 0 Å². The first kappa shape index (κ1) is 10.0. The van der Waals surface area contributed by atoms with Gasteiger partial charge in [-0.25, -0.2) is 0 Å². The first-order chi connectivity index (χ1) is 5.70. The zero-order valence-corrected chi connectivity index (χ0v) is 8.84. The molecule has 0 spiro atoms. The van der Waals surface area contributed by atoms with Crippen molar-refractivity contribution in [3.63, 3.8) is 0 Å². The summed E-state index contributed by atoms with van der Waals surface area (Å²) in [5.41, 5.74) is 0. The average Bonchev–Trinajstić information content (AvgIpc) is 2.16. The minimum atomic E-state index is 0.857. The maximum atomic E-state index is 2.56. The van der Waals surface area contributed by atoms with Gasteiger partial charge in [0.1, 0.15) is 0 Å². The molecule has 0 N–H and O–H groups in total. The third kappa shape index (κ3) is 3.14. The van der Waals surface area contributed by atoms with Gasteiger partial charge in [-0.1, -0.05) is 26.7 Å². The van der Waals surface area contributed by atoms with Gasteiger partial charge in [0, 0.05) is 6.04 Å². The molecule has 0 aromatic heterocycles. The van der Waals surface area contributed by atoms with Crippen molar-refractivity contribution in [3.8, 4) is 0 Å². The molecule has 1 unspecified atom stereocenters. The molecule has 0 aromatic rings. The van der Waals surface area contributed by atoms with Crippen LogP contribution in [0, 0.1) is 5.92 Å². The molecule has 1 rings (SSSR count). The lowest BCUT2D eigenvalue weighted by Gasteiger charge is -2.27. The van der Waals surface area contributed by atoms with Crippen molar-refractivity contribution in [2.75, 3.05) is 13.6 Å². The van der Waals surface area contributed by atoms with Crippen LogP contribution in [-0.4, -0.2) is 24.5 Å². The van der Waals surface area contributed by atoms with Gasteiger partial charge in [-0.2, -0.15) is 0 Å². The molecule has 1 heteroatoms. The van der Waals surface area contributed by atoms with E-state index in [1.807, 2.05) is 0 Å². The highest BCUT2D eigenvalue weighted by Crippen LogP contribution is 2.20. The second-order valence-electron chi connectivity index (χ2n) is 4.61. The summed E-state index contributed by atoms with van der Waals surface area (Å²) in [6, 6.07) is 0.868. The van der Waals surface area contributed by atoms with Crippen LogP contribution in [0.4, 0.5) is 0 Å². The Kier molecular flexibility index (Phi) is 4.07. The molecule has 0 amide bonds. The zero-order chi connectivity index (χ0) is 8.97. The maximum Gasteiger partial charge on any atom is 0.00946 e. The summed E-state index contributed by atoms with van der Waals surface area (Å²) in [5.74, 6) is 0.857. The van der Waals surface area contributed by atoms with Gasteiger partial charge in [0.25, 0.3) is 0 Å². The summed E-state index contributed by atoms with van der Waals surface area (Å²) in [6.45, 7) is 5.98. The third-order valence-corrected chi connectivity index (χ3v) is 2.91. The molecule has 1 saturated heterocycles. The fourth-order valence-corrected chi connectivity index (χ4v) is 2.16. The molecule has 1 atom stereocenters. The summed E-state index contributed by atoms with van der Waals surface area (Å²) in [6.07, 6.45) is 7.11. The van der Waals surface area contributed by atoms with E-state index in [0.717, 1.165) is 12.0 Å². The summed E-state index contributed by atoms with van der Waals surface area (Å²) in [4.78, 5) is 2.56. The molecule has 12 heavy (non-hydrogen) atoms. The van der Waals surface area contributed by atoms with Crippen LogP contribution in [0.15, 0.2) is 0 Å². The van der Waals surface area contributed by atoms with Crippen molar-refractivity contribution >= 4 is 0 Å². The maximum absolute atomic E-state index is 2.56. The molecule has 1 aliphatic rings. The Hall–Kier alpha value is -0.0400. The van der Waals surface area contributed by atoms with Crippen LogP contribution in [0.3, 0.4) is 0 Å². The highest BCUT2D eigenvalue weighted by atomic mass is 15.1. The van der Waals surface area contributed by atoms with E-state index in [1.54, 1.807) is 0 Å². The van der Waals surface area contributed by atoms with Crippen molar-refractivity contribution in [2.24, 2.45) is 5.92 Å². The fourth-order valence-electron chi connectivity index (χ4n) is 2.16. The molecule has 0 aliphatic carbocycles. The number of hydrogen-bond donors (Lipinski definition) is 0. The van der Waals surface area contributed by atoms with Gasteiger partial charge in [0.15, 0.2) is 0 Å². The van der Waals surface area contributed by atoms with E-state index in [1.165, 1.54) is 38.6 Å². The van der Waals surface area contributed by atoms with E-state index >= 15 is 0 Å². The largest absolute Gasteiger partial charge is 0.303 e. The van der Waals surface area contributed by atoms with Crippen LogP contribution in [0.25, 0.3) is 0 Å². The highest BCUT2D eigenvalue weighted by Gasteiger charge is 2.17. The number of hydrogen-bond acceptors (Lipinski definition) is 1. The Morgan fingerprint density at radius 2 is 2.00 bits per heavy atom. The van der Waals surface area contributed by atoms with Crippen molar-refractivity contribution in [2.45, 2.75) is 52.0 Å². The fraction of sp³-hybridized carbons (Fsp3) is 1.00. The summed E-state index contributed by atoms with van der Waals surface area (Å²) >= 11 is 0. The normalized spacial score (nSPS) is 27.5. The second-order valence-corrected chi connectivity index (χ2v) is 4.61. The Balaban J connectivity index is 2.36. The quantitative estimate of drug-likeness (QED) is 0.614. The van der Waals surface area contributed by atoms with E-state index in [-0.39, 0.29) is 0 Å². The molecule has 1 nitrogen and oxygen atoms in total. The molecule has 0 radical (unpaired) electrons. The van der Waals surface area contributed by atoms with Gasteiger partial charge in [0.05, 0.1) is 0 Å². The van der Waals surface area contributed by atoms with Gasteiger partial charge in [-0.05, 0) is 38.8 Å². The molecule has 0 aromatic carbocycles. The Labute approximate surface area is 77.1 Å². The Bertz CT molecular complexity index is 120. The molecule has 1 fully saturated rings. The van der Waals surface area contributed by atoms with Crippen molar-refractivity contribution in [1.82, 2.24) is 4.90 Å². The molecular formula is C11H23N. The lowest BCUT2D eigenvalue weighted by molar-refractivity contribution is 0.216. The van der Waals surface area contributed by atoms with Gasteiger partial charge < -0.3 is 4.90 Å². The average molecular weight is 169 g/mol. The van der Waals surface area contributed by atoms with Crippen LogP contribution in [0.2, 0.25) is 0 Å². The summed E-state index contributed by atoms with van der Waals surface area (Å²) in [7, 11) is 2.29. The van der Waals surface area contributed by atoms with Crippen molar-refractivity contribution < 1.29 is 0 Å². The zero-order valence-electron chi connectivity index (χ0n) is 8.84. The smallest absolute Gasteiger partial charge is 0.00946 e. The van der Waals surface area contributed by atoms with Crippen LogP contribution in [0.5, 0.6) is 0 Å². The van der Waals surface area contributed by atoms with Gasteiger partial charge in [0.2, 0.25) is 0 Å². The predicted octanol–water partition coefficient (Wildman–Crippen LogP) is 2.91. The minimum Gasteiger partial charge on any atom is -0.303 e. The Morgan fingerprint density at radius 3 is 2.67 bits per heavy atom. The van der Waals surface area contributed by atoms with Gasteiger partial charge >= 0.3 is 0 Å². The first-order valence-corrected chi connectivity index (χ1v) is 5.40. The lowest BCUT2D eigenvalue weighted by atomic mass is 9.99. The lowest BCUT2D eigenvalue weighted by Crippen LogP contribution is -2.32. The van der Waals surface area contributed by atoms with E-state index in [4.69, 9.17) is 0 Å². The molecule has 0 saturated carbocycles. The Morgan fingerprint density at radius 1 is 1.25 bits per heavy atom. The molecular weight excluding hydrogens is 146 g/mol. The second kappa shape index (κ2) is 4.86. The first-order valence-electron chi connectivity index (χ1n) is 5.40. The number of rotatable bonds is 2. The van der Waals surface area contributed by atoms with E-state index in [9.17, 15) is 0 Å². The number of nitrogens with zero attached hydrogens (tertiary/aromatic N) is 1. The van der Waals surface area contributed by atoms with Crippen molar-refractivity contribution in [3.05, 3.63) is 0 Å². The van der Waals surface area contributed by atoms with Crippen LogP contribution < -0.4 is 0 Å². The summed E-state index contributed by atoms with van der Waals surface area (Å²) in [5, 5.41) is 0.